The van der Waals surface area contributed by atoms with E-state index in [1.807, 2.05) is 4.90 Å². The number of piperazine rings is 1. The highest BCUT2D eigenvalue weighted by Gasteiger charge is 2.39. The molecular formula is C30H32F6N6O5. The lowest BCUT2D eigenvalue weighted by Gasteiger charge is -2.44. The second kappa shape index (κ2) is 13.7. The van der Waals surface area contributed by atoms with Crippen molar-refractivity contribution in [2.75, 3.05) is 56.8 Å². The van der Waals surface area contributed by atoms with Gasteiger partial charge in [-0.05, 0) is 30.7 Å². The maximum atomic E-state index is 14.0. The van der Waals surface area contributed by atoms with E-state index in [0.29, 0.717) is 30.2 Å². The van der Waals surface area contributed by atoms with Gasteiger partial charge in [-0.15, -0.1) is 0 Å². The van der Waals surface area contributed by atoms with Crippen LogP contribution in [-0.2, 0) is 28.4 Å². The molecule has 17 heteroatoms. The maximum absolute atomic E-state index is 14.0. The average molecular weight is 671 g/mol. The lowest BCUT2D eigenvalue weighted by Crippen LogP contribution is -2.58. The molecule has 1 amide bonds. The van der Waals surface area contributed by atoms with Gasteiger partial charge in [-0.25, -0.2) is 9.67 Å². The molecule has 5 rings (SSSR count). The quantitative estimate of drug-likeness (QED) is 0.252. The van der Waals surface area contributed by atoms with Crippen molar-refractivity contribution in [3.63, 3.8) is 0 Å². The first-order valence-corrected chi connectivity index (χ1v) is 14.6. The summed E-state index contributed by atoms with van der Waals surface area (Å²) < 4.78 is 97.9. The number of amides is 1. The van der Waals surface area contributed by atoms with Gasteiger partial charge < -0.3 is 29.3 Å². The van der Waals surface area contributed by atoms with E-state index in [-0.39, 0.29) is 57.0 Å². The predicted molar refractivity (Wildman–Crippen MR) is 157 cm³/mol. The number of halogens is 6. The molecule has 254 valence electrons. The zero-order valence-electron chi connectivity index (χ0n) is 25.4. The number of methoxy groups -OCH3 is 1. The van der Waals surface area contributed by atoms with Gasteiger partial charge in [0, 0.05) is 31.9 Å². The normalized spacial score (nSPS) is 17.0. The number of hydrogen-bond acceptors (Lipinski definition) is 9. The number of anilines is 2. The van der Waals surface area contributed by atoms with Crippen LogP contribution in [0.1, 0.15) is 30.0 Å². The first kappa shape index (κ1) is 33.8. The first-order valence-electron chi connectivity index (χ1n) is 14.6. The van der Waals surface area contributed by atoms with Crippen LogP contribution in [0.15, 0.2) is 47.5 Å². The lowest BCUT2D eigenvalue weighted by molar-refractivity contribution is -0.139. The fourth-order valence-corrected chi connectivity index (χ4v) is 5.38. The molecule has 0 unspecified atom stereocenters. The van der Waals surface area contributed by atoms with E-state index in [0.717, 1.165) is 23.1 Å². The first-order chi connectivity index (χ1) is 22.2. The molecule has 1 N–H and O–H groups in total. The summed E-state index contributed by atoms with van der Waals surface area (Å²) in [5, 5.41) is 6.57. The smallest absolute Gasteiger partial charge is 0.423 e. The van der Waals surface area contributed by atoms with Crippen molar-refractivity contribution in [2.45, 2.75) is 44.3 Å². The van der Waals surface area contributed by atoms with Gasteiger partial charge in [0.2, 0.25) is 5.91 Å². The van der Waals surface area contributed by atoms with Gasteiger partial charge >= 0.3 is 12.4 Å². The molecule has 4 heterocycles. The minimum Gasteiger partial charge on any atom is -0.497 e. The Hall–Kier alpha value is -4.54. The number of rotatable bonds is 10. The molecule has 47 heavy (non-hydrogen) atoms. The van der Waals surface area contributed by atoms with Crippen molar-refractivity contribution in [2.24, 2.45) is 0 Å². The molecule has 2 aliphatic rings. The molecule has 0 bridgehead atoms. The molecule has 1 fully saturated rings. The molecular weight excluding hydrogens is 638 g/mol. The Morgan fingerprint density at radius 1 is 1.11 bits per heavy atom. The van der Waals surface area contributed by atoms with Gasteiger partial charge in [0.25, 0.3) is 5.56 Å². The standard InChI is InChI=1S/C30H32F6N6O5/c1-18(39-23-13-38-42(28(44)26(23)30(34,35)36)14-19-3-5-22(45-2)6-4-19)16-46-10-7-25(43)40-8-9-41-21(15-40)17-47-24-11-20(29(31,32)33)12-37-27(24)41/h3-6,11-13,18,21,39H,7-10,14-17H2,1-2H3/t18-,21+/m0/s1. The van der Waals surface area contributed by atoms with Crippen LogP contribution >= 0.6 is 0 Å². The maximum Gasteiger partial charge on any atom is 0.423 e. The Morgan fingerprint density at radius 2 is 1.85 bits per heavy atom. The molecule has 2 aliphatic heterocycles. The summed E-state index contributed by atoms with van der Waals surface area (Å²) in [6.45, 7) is 2.34. The topological polar surface area (TPSA) is 111 Å². The summed E-state index contributed by atoms with van der Waals surface area (Å²) >= 11 is 0. The fraction of sp³-hybridized carbons (Fsp3) is 0.467. The van der Waals surface area contributed by atoms with E-state index < -0.39 is 40.8 Å². The van der Waals surface area contributed by atoms with Crippen molar-refractivity contribution < 1.29 is 45.3 Å². The zero-order valence-corrected chi connectivity index (χ0v) is 25.4. The summed E-state index contributed by atoms with van der Waals surface area (Å²) in [5.74, 6) is 0.674. The number of benzene rings is 1. The minimum absolute atomic E-state index is 0.000832. The van der Waals surface area contributed by atoms with Crippen LogP contribution in [0.2, 0.25) is 0 Å². The van der Waals surface area contributed by atoms with Crippen molar-refractivity contribution in [1.29, 1.82) is 0 Å². The van der Waals surface area contributed by atoms with Crippen molar-refractivity contribution >= 4 is 17.4 Å². The largest absolute Gasteiger partial charge is 0.497 e. The number of pyridine rings is 1. The lowest BCUT2D eigenvalue weighted by atomic mass is 10.1. The highest BCUT2D eigenvalue weighted by molar-refractivity contribution is 5.77. The Bertz CT molecular complexity index is 1630. The molecule has 3 aromatic rings. The van der Waals surface area contributed by atoms with Crippen LogP contribution in [0.3, 0.4) is 0 Å². The van der Waals surface area contributed by atoms with Crippen molar-refractivity contribution in [3.05, 3.63) is 69.8 Å². The van der Waals surface area contributed by atoms with Crippen LogP contribution in [0.5, 0.6) is 11.5 Å². The average Bonchev–Trinajstić information content (AvgIpc) is 3.03. The Labute approximate surface area is 265 Å². The van der Waals surface area contributed by atoms with Crippen LogP contribution in [0, 0.1) is 0 Å². The van der Waals surface area contributed by atoms with E-state index in [2.05, 4.69) is 15.4 Å². The third-order valence-corrected chi connectivity index (χ3v) is 7.75. The number of hydrogen-bond donors (Lipinski definition) is 1. The summed E-state index contributed by atoms with van der Waals surface area (Å²) in [7, 11) is 1.48. The Kier molecular flexibility index (Phi) is 9.84. The van der Waals surface area contributed by atoms with Crippen LogP contribution < -0.4 is 25.2 Å². The number of fused-ring (bicyclic) bond motifs is 3. The highest BCUT2D eigenvalue weighted by Crippen LogP contribution is 2.38. The van der Waals surface area contributed by atoms with Gasteiger partial charge in [0.15, 0.2) is 11.6 Å². The molecule has 0 radical (unpaired) electrons. The Balaban J connectivity index is 1.11. The second-order valence-corrected chi connectivity index (χ2v) is 11.2. The molecule has 11 nitrogen and oxygen atoms in total. The third kappa shape index (κ3) is 7.89. The Morgan fingerprint density at radius 3 is 2.53 bits per heavy atom. The van der Waals surface area contributed by atoms with Crippen LogP contribution in [0.25, 0.3) is 0 Å². The summed E-state index contributed by atoms with van der Waals surface area (Å²) in [4.78, 5) is 33.1. The summed E-state index contributed by atoms with van der Waals surface area (Å²) in [6.07, 6.45) is -7.79. The molecule has 2 aromatic heterocycles. The van der Waals surface area contributed by atoms with Gasteiger partial charge in [-0.1, -0.05) is 12.1 Å². The van der Waals surface area contributed by atoms with Crippen molar-refractivity contribution in [3.8, 4) is 11.5 Å². The molecule has 0 aliphatic carbocycles. The number of ether oxygens (including phenoxy) is 3. The van der Waals surface area contributed by atoms with E-state index >= 15 is 0 Å². The molecule has 0 saturated carbocycles. The van der Waals surface area contributed by atoms with Crippen LogP contribution in [-0.4, -0.2) is 84.2 Å². The van der Waals surface area contributed by atoms with E-state index in [9.17, 15) is 35.9 Å². The number of nitrogens with one attached hydrogen (secondary N) is 1. The number of alkyl halides is 6. The van der Waals surface area contributed by atoms with E-state index in [1.165, 1.54) is 7.11 Å². The number of aromatic nitrogens is 3. The van der Waals surface area contributed by atoms with Gasteiger partial charge in [0.05, 0.1) is 56.8 Å². The third-order valence-electron chi connectivity index (χ3n) is 7.75. The predicted octanol–water partition coefficient (Wildman–Crippen LogP) is 4.05. The highest BCUT2D eigenvalue weighted by atomic mass is 19.4. The second-order valence-electron chi connectivity index (χ2n) is 11.2. The molecule has 0 spiro atoms. The zero-order chi connectivity index (χ0) is 33.9. The number of nitrogens with zero attached hydrogens (tertiary/aromatic N) is 5. The monoisotopic (exact) mass is 670 g/mol. The van der Waals surface area contributed by atoms with E-state index in [4.69, 9.17) is 14.2 Å². The van der Waals surface area contributed by atoms with Gasteiger partial charge in [0.1, 0.15) is 17.9 Å². The summed E-state index contributed by atoms with van der Waals surface area (Å²) in [6, 6.07) is 6.45. The SMILES string of the molecule is COc1ccc(Cn2ncc(N[C@@H](C)COCCC(=O)N3CCN4c5ncc(C(F)(F)F)cc5OC[C@H]4C3)c(C(F)(F)F)c2=O)cc1. The minimum atomic E-state index is -4.95. The van der Waals surface area contributed by atoms with Gasteiger partial charge in [-0.2, -0.15) is 31.4 Å². The fourth-order valence-electron chi connectivity index (χ4n) is 5.38. The van der Waals surface area contributed by atoms with Gasteiger partial charge in [-0.3, -0.25) is 9.59 Å². The number of carbonyl (C=O) groups is 1. The summed E-state index contributed by atoms with van der Waals surface area (Å²) in [5.41, 5.74) is -3.51. The molecule has 2 atom stereocenters. The van der Waals surface area contributed by atoms with Crippen molar-refractivity contribution in [1.82, 2.24) is 19.7 Å². The molecule has 1 aromatic carbocycles. The van der Waals surface area contributed by atoms with Crippen LogP contribution in [0.4, 0.5) is 37.8 Å². The number of carbonyl (C=O) groups excluding carboxylic acids is 1. The van der Waals surface area contributed by atoms with E-state index in [1.54, 1.807) is 36.1 Å². The molecule has 1 saturated heterocycles.